The molecule has 0 bridgehead atoms. The summed E-state index contributed by atoms with van der Waals surface area (Å²) >= 11 is 1.28. The van der Waals surface area contributed by atoms with Crippen LogP contribution in [0.25, 0.3) is 17.1 Å². The van der Waals surface area contributed by atoms with Crippen LogP contribution in [-0.2, 0) is 4.79 Å². The average molecular weight is 518 g/mol. The molecule has 37 heavy (non-hydrogen) atoms. The highest BCUT2D eigenvalue weighted by Crippen LogP contribution is 2.29. The van der Waals surface area contributed by atoms with E-state index in [0.717, 1.165) is 22.6 Å². The van der Waals surface area contributed by atoms with Crippen LogP contribution in [0.1, 0.15) is 12.5 Å². The number of carbonyl (C=O) groups excluding carboxylic acids is 1. The zero-order valence-electron chi connectivity index (χ0n) is 20.7. The lowest BCUT2D eigenvalue weighted by Crippen LogP contribution is -2.20. The van der Waals surface area contributed by atoms with Crippen LogP contribution in [0.5, 0.6) is 17.2 Å². The van der Waals surface area contributed by atoms with Crippen LogP contribution in [0.2, 0.25) is 0 Å². The standard InChI is InChI=1S/C27H27N5O4S/c1-4-36-23-15-10-19(16-24(23)35-3)17-28-29-25(33)18-37-27-31-30-26(20-11-13-22(34-2)14-12-20)32(27)21-8-6-5-7-9-21/h5-17H,4,18H2,1-3H3,(H,29,33). The molecule has 3 aromatic carbocycles. The number of nitrogens with zero attached hydrogens (tertiary/aromatic N) is 4. The number of carbonyl (C=O) groups is 1. The Hall–Kier alpha value is -4.31. The van der Waals surface area contributed by atoms with E-state index in [2.05, 4.69) is 20.7 Å². The quantitative estimate of drug-likeness (QED) is 0.176. The lowest BCUT2D eigenvalue weighted by Gasteiger charge is -2.10. The fraction of sp³-hybridized carbons (Fsp3) is 0.185. The summed E-state index contributed by atoms with van der Waals surface area (Å²) < 4.78 is 18.1. The second kappa shape index (κ2) is 12.6. The largest absolute Gasteiger partial charge is 0.497 e. The molecule has 4 rings (SSSR count). The van der Waals surface area contributed by atoms with E-state index in [1.165, 1.54) is 11.8 Å². The van der Waals surface area contributed by atoms with E-state index in [0.29, 0.717) is 29.1 Å². The van der Waals surface area contributed by atoms with Crippen LogP contribution in [0, 0.1) is 0 Å². The monoisotopic (exact) mass is 517 g/mol. The smallest absolute Gasteiger partial charge is 0.250 e. The molecule has 0 aliphatic heterocycles. The summed E-state index contributed by atoms with van der Waals surface area (Å²) in [5.41, 5.74) is 5.09. The number of hydrogen-bond acceptors (Lipinski definition) is 8. The molecule has 0 spiro atoms. The van der Waals surface area contributed by atoms with Crippen molar-refractivity contribution in [2.75, 3.05) is 26.6 Å². The fourth-order valence-electron chi connectivity index (χ4n) is 3.48. The molecular weight excluding hydrogens is 490 g/mol. The van der Waals surface area contributed by atoms with Crippen molar-refractivity contribution in [1.29, 1.82) is 0 Å². The van der Waals surface area contributed by atoms with E-state index in [1.54, 1.807) is 32.6 Å². The van der Waals surface area contributed by atoms with Gasteiger partial charge in [0.15, 0.2) is 22.5 Å². The number of thioether (sulfide) groups is 1. The maximum absolute atomic E-state index is 12.5. The molecule has 0 aliphatic carbocycles. The minimum atomic E-state index is -0.271. The molecule has 0 atom stereocenters. The van der Waals surface area contributed by atoms with Gasteiger partial charge in [-0.15, -0.1) is 10.2 Å². The van der Waals surface area contributed by atoms with Gasteiger partial charge in [0, 0.05) is 11.3 Å². The number of methoxy groups -OCH3 is 2. The van der Waals surface area contributed by atoms with Gasteiger partial charge in [-0.05, 0) is 67.1 Å². The van der Waals surface area contributed by atoms with Gasteiger partial charge in [-0.2, -0.15) is 5.10 Å². The Morgan fingerprint density at radius 3 is 2.49 bits per heavy atom. The summed E-state index contributed by atoms with van der Waals surface area (Å²) in [5.74, 6) is 2.51. The number of amides is 1. The molecule has 1 aromatic heterocycles. The predicted molar refractivity (Wildman–Crippen MR) is 144 cm³/mol. The van der Waals surface area contributed by atoms with Crippen LogP contribution >= 0.6 is 11.8 Å². The van der Waals surface area contributed by atoms with Crippen molar-refractivity contribution in [3.8, 4) is 34.3 Å². The average Bonchev–Trinajstić information content (AvgIpc) is 3.37. The van der Waals surface area contributed by atoms with Crippen LogP contribution in [0.4, 0.5) is 0 Å². The van der Waals surface area contributed by atoms with Gasteiger partial charge < -0.3 is 14.2 Å². The Bertz CT molecular complexity index is 1360. The van der Waals surface area contributed by atoms with Crippen LogP contribution in [0.15, 0.2) is 83.1 Å². The third kappa shape index (κ3) is 6.47. The minimum absolute atomic E-state index is 0.109. The molecule has 0 fully saturated rings. The third-order valence-corrected chi connectivity index (χ3v) is 6.15. The second-order valence-electron chi connectivity index (χ2n) is 7.63. The summed E-state index contributed by atoms with van der Waals surface area (Å²) in [6.07, 6.45) is 1.55. The molecule has 0 saturated heterocycles. The summed E-state index contributed by atoms with van der Waals surface area (Å²) in [7, 11) is 3.20. The Morgan fingerprint density at radius 2 is 1.78 bits per heavy atom. The summed E-state index contributed by atoms with van der Waals surface area (Å²) in [6, 6.07) is 22.8. The Labute approximate surface area is 219 Å². The van der Waals surface area contributed by atoms with Crippen LogP contribution in [0.3, 0.4) is 0 Å². The van der Waals surface area contributed by atoms with Gasteiger partial charge >= 0.3 is 0 Å². The Balaban J connectivity index is 1.45. The molecule has 0 radical (unpaired) electrons. The first-order chi connectivity index (χ1) is 18.1. The van der Waals surface area contributed by atoms with Gasteiger partial charge in [0.2, 0.25) is 0 Å². The maximum Gasteiger partial charge on any atom is 0.250 e. The van der Waals surface area contributed by atoms with Crippen LogP contribution in [-0.4, -0.2) is 53.5 Å². The number of aromatic nitrogens is 3. The van der Waals surface area contributed by atoms with Gasteiger partial charge in [0.1, 0.15) is 5.75 Å². The van der Waals surface area contributed by atoms with E-state index in [-0.39, 0.29) is 11.7 Å². The number of ether oxygens (including phenoxy) is 3. The second-order valence-corrected chi connectivity index (χ2v) is 8.57. The van der Waals surface area contributed by atoms with Gasteiger partial charge in [-0.1, -0.05) is 30.0 Å². The molecule has 4 aromatic rings. The van der Waals surface area contributed by atoms with E-state index in [4.69, 9.17) is 14.2 Å². The minimum Gasteiger partial charge on any atom is -0.497 e. The van der Waals surface area contributed by atoms with E-state index in [1.807, 2.05) is 72.2 Å². The zero-order chi connectivity index (χ0) is 26.0. The normalized spacial score (nSPS) is 10.9. The van der Waals surface area contributed by atoms with E-state index >= 15 is 0 Å². The zero-order valence-corrected chi connectivity index (χ0v) is 21.6. The van der Waals surface area contributed by atoms with Crippen LogP contribution < -0.4 is 19.6 Å². The van der Waals surface area contributed by atoms with Gasteiger partial charge in [0.05, 0.1) is 32.8 Å². The van der Waals surface area contributed by atoms with Gasteiger partial charge in [-0.25, -0.2) is 5.43 Å². The van der Waals surface area contributed by atoms with E-state index in [9.17, 15) is 4.79 Å². The number of nitrogens with one attached hydrogen (secondary N) is 1. The van der Waals surface area contributed by atoms with Crippen molar-refractivity contribution in [2.45, 2.75) is 12.1 Å². The summed E-state index contributed by atoms with van der Waals surface area (Å²) in [6.45, 7) is 2.45. The molecule has 190 valence electrons. The predicted octanol–water partition coefficient (Wildman–Crippen LogP) is 4.59. The van der Waals surface area contributed by atoms with E-state index < -0.39 is 0 Å². The number of rotatable bonds is 11. The molecule has 1 heterocycles. The van der Waals surface area contributed by atoms with Crippen molar-refractivity contribution in [3.05, 3.63) is 78.4 Å². The molecule has 1 N–H and O–H groups in total. The maximum atomic E-state index is 12.5. The molecule has 9 nitrogen and oxygen atoms in total. The van der Waals surface area contributed by atoms with Crippen molar-refractivity contribution < 1.29 is 19.0 Å². The summed E-state index contributed by atoms with van der Waals surface area (Å²) in [4.78, 5) is 12.5. The Morgan fingerprint density at radius 1 is 1.00 bits per heavy atom. The van der Waals surface area contributed by atoms with Crippen molar-refractivity contribution in [2.24, 2.45) is 5.10 Å². The van der Waals surface area contributed by atoms with Gasteiger partial charge in [0.25, 0.3) is 5.91 Å². The first-order valence-electron chi connectivity index (χ1n) is 11.5. The lowest BCUT2D eigenvalue weighted by molar-refractivity contribution is -0.118. The topological polar surface area (TPSA) is 99.9 Å². The summed E-state index contributed by atoms with van der Waals surface area (Å²) in [5, 5.41) is 13.4. The molecular formula is C27H27N5O4S. The number of hydrogen-bond donors (Lipinski definition) is 1. The highest BCUT2D eigenvalue weighted by molar-refractivity contribution is 7.99. The molecule has 10 heteroatoms. The SMILES string of the molecule is CCOc1ccc(C=NNC(=O)CSc2nnc(-c3ccc(OC)cc3)n2-c2ccccc2)cc1OC. The Kier molecular flexibility index (Phi) is 8.77. The highest BCUT2D eigenvalue weighted by atomic mass is 32.2. The number of para-hydroxylation sites is 1. The third-order valence-electron chi connectivity index (χ3n) is 5.22. The molecule has 0 aliphatic rings. The molecule has 0 unspecified atom stereocenters. The lowest BCUT2D eigenvalue weighted by atomic mass is 10.2. The number of hydrazone groups is 1. The van der Waals surface area contributed by atoms with Crippen molar-refractivity contribution in [1.82, 2.24) is 20.2 Å². The first kappa shape index (κ1) is 25.8. The fourth-order valence-corrected chi connectivity index (χ4v) is 4.22. The van der Waals surface area contributed by atoms with Crippen molar-refractivity contribution >= 4 is 23.9 Å². The molecule has 0 saturated carbocycles. The highest BCUT2D eigenvalue weighted by Gasteiger charge is 2.17. The van der Waals surface area contributed by atoms with Gasteiger partial charge in [-0.3, -0.25) is 9.36 Å². The number of benzene rings is 3. The first-order valence-corrected chi connectivity index (χ1v) is 12.5. The van der Waals surface area contributed by atoms with Crippen molar-refractivity contribution in [3.63, 3.8) is 0 Å². The molecule has 1 amide bonds.